The molecule has 0 spiro atoms. The van der Waals surface area contributed by atoms with Gasteiger partial charge in [0.05, 0.1) is 4.90 Å². The number of rotatable bonds is 6. The van der Waals surface area contributed by atoms with Crippen molar-refractivity contribution in [2.75, 3.05) is 12.4 Å². The lowest BCUT2D eigenvalue weighted by Crippen LogP contribution is -2.24. The van der Waals surface area contributed by atoms with Crippen molar-refractivity contribution in [3.05, 3.63) is 28.2 Å². The van der Waals surface area contributed by atoms with Crippen molar-refractivity contribution in [2.45, 2.75) is 17.7 Å². The van der Waals surface area contributed by atoms with E-state index in [0.29, 0.717) is 28.9 Å². The number of alkyl halides is 1. The zero-order valence-corrected chi connectivity index (χ0v) is 12.0. The van der Waals surface area contributed by atoms with Crippen LogP contribution in [0.5, 0.6) is 0 Å². The molecule has 0 atom stereocenters. The van der Waals surface area contributed by atoms with Crippen molar-refractivity contribution in [1.29, 1.82) is 0 Å². The summed E-state index contributed by atoms with van der Waals surface area (Å²) in [5.41, 5.74) is 0. The van der Waals surface area contributed by atoms with Gasteiger partial charge in [-0.15, -0.1) is 11.6 Å². The highest BCUT2D eigenvalue weighted by Crippen LogP contribution is 2.22. The molecule has 1 rings (SSSR count). The van der Waals surface area contributed by atoms with E-state index in [1.807, 2.05) is 0 Å². The van der Waals surface area contributed by atoms with Gasteiger partial charge in [-0.2, -0.15) is 0 Å². The zero-order valence-electron chi connectivity index (χ0n) is 8.92. The van der Waals surface area contributed by atoms with E-state index in [2.05, 4.69) is 4.72 Å². The molecule has 17 heavy (non-hydrogen) atoms. The van der Waals surface area contributed by atoms with E-state index in [4.69, 9.17) is 34.8 Å². The molecule has 3 nitrogen and oxygen atoms in total. The average Bonchev–Trinajstić information content (AvgIpc) is 2.23. The Labute approximate surface area is 116 Å². The standard InChI is InChI=1S/C10H12Cl3NO2S/c11-3-1-2-4-14-17(15,16)10-6-8(12)5-9(13)7-10/h5-7,14H,1-4H2. The molecule has 1 N–H and O–H groups in total. The van der Waals surface area contributed by atoms with Gasteiger partial charge in [-0.25, -0.2) is 13.1 Å². The summed E-state index contributed by atoms with van der Waals surface area (Å²) >= 11 is 17.0. The van der Waals surface area contributed by atoms with Crippen molar-refractivity contribution in [1.82, 2.24) is 4.72 Å². The molecule has 96 valence electrons. The van der Waals surface area contributed by atoms with Gasteiger partial charge in [0, 0.05) is 22.5 Å². The fraction of sp³-hybridized carbons (Fsp3) is 0.400. The number of benzene rings is 1. The van der Waals surface area contributed by atoms with E-state index in [1.165, 1.54) is 18.2 Å². The topological polar surface area (TPSA) is 46.2 Å². The van der Waals surface area contributed by atoms with Crippen LogP contribution in [-0.2, 0) is 10.0 Å². The van der Waals surface area contributed by atoms with Gasteiger partial charge < -0.3 is 0 Å². The van der Waals surface area contributed by atoms with Crippen LogP contribution in [0.2, 0.25) is 10.0 Å². The molecular weight excluding hydrogens is 305 g/mol. The van der Waals surface area contributed by atoms with E-state index < -0.39 is 10.0 Å². The predicted molar refractivity (Wildman–Crippen MR) is 71.6 cm³/mol. The van der Waals surface area contributed by atoms with Gasteiger partial charge in [0.15, 0.2) is 0 Å². The number of sulfonamides is 1. The molecule has 0 aliphatic heterocycles. The number of halogens is 3. The summed E-state index contributed by atoms with van der Waals surface area (Å²) in [6.07, 6.45) is 1.46. The molecule has 0 aromatic heterocycles. The second-order valence-corrected chi connectivity index (χ2v) is 6.42. The summed E-state index contributed by atoms with van der Waals surface area (Å²) in [7, 11) is -3.55. The highest BCUT2D eigenvalue weighted by Gasteiger charge is 2.14. The van der Waals surface area contributed by atoms with Gasteiger partial charge >= 0.3 is 0 Å². The van der Waals surface area contributed by atoms with Crippen molar-refractivity contribution in [3.8, 4) is 0 Å². The third-order valence-electron chi connectivity index (χ3n) is 2.00. The summed E-state index contributed by atoms with van der Waals surface area (Å²) in [5, 5.41) is 0.581. The Kier molecular flexibility index (Phi) is 6.03. The molecule has 0 radical (unpaired) electrons. The van der Waals surface area contributed by atoms with E-state index in [1.54, 1.807) is 0 Å². The van der Waals surface area contributed by atoms with Crippen LogP contribution in [-0.4, -0.2) is 20.8 Å². The first-order chi connectivity index (χ1) is 7.95. The van der Waals surface area contributed by atoms with E-state index in [-0.39, 0.29) is 4.90 Å². The maximum atomic E-state index is 11.8. The van der Waals surface area contributed by atoms with Crippen molar-refractivity contribution >= 4 is 44.8 Å². The molecule has 1 aromatic carbocycles. The first-order valence-corrected chi connectivity index (χ1v) is 7.75. The minimum Gasteiger partial charge on any atom is -0.211 e. The first-order valence-electron chi connectivity index (χ1n) is 4.97. The number of hydrogen-bond acceptors (Lipinski definition) is 2. The number of nitrogens with one attached hydrogen (secondary N) is 1. The third kappa shape index (κ3) is 5.02. The van der Waals surface area contributed by atoms with Crippen molar-refractivity contribution in [2.24, 2.45) is 0 Å². The average molecular weight is 317 g/mol. The fourth-order valence-corrected chi connectivity index (χ4v) is 3.18. The Bertz CT molecular complexity index is 456. The highest BCUT2D eigenvalue weighted by atomic mass is 35.5. The monoisotopic (exact) mass is 315 g/mol. The highest BCUT2D eigenvalue weighted by molar-refractivity contribution is 7.89. The first kappa shape index (κ1) is 15.1. The van der Waals surface area contributed by atoms with Crippen molar-refractivity contribution < 1.29 is 8.42 Å². The molecule has 1 aromatic rings. The van der Waals surface area contributed by atoms with Crippen LogP contribution >= 0.6 is 34.8 Å². The van der Waals surface area contributed by atoms with Gasteiger partial charge in [0.25, 0.3) is 0 Å². The molecule has 7 heteroatoms. The third-order valence-corrected chi connectivity index (χ3v) is 4.14. The molecule has 0 saturated carbocycles. The normalized spacial score (nSPS) is 11.7. The summed E-state index contributed by atoms with van der Waals surface area (Å²) in [5.74, 6) is 0.519. The van der Waals surface area contributed by atoms with Gasteiger partial charge in [0.1, 0.15) is 0 Å². The van der Waals surface area contributed by atoms with Gasteiger partial charge in [-0.3, -0.25) is 0 Å². The quantitative estimate of drug-likeness (QED) is 0.646. The smallest absolute Gasteiger partial charge is 0.211 e. The van der Waals surface area contributed by atoms with Crippen LogP contribution in [0.15, 0.2) is 23.1 Å². The molecule has 0 bridgehead atoms. The number of unbranched alkanes of at least 4 members (excludes halogenated alkanes) is 1. The number of hydrogen-bond donors (Lipinski definition) is 1. The molecule has 0 saturated heterocycles. The van der Waals surface area contributed by atoms with E-state index >= 15 is 0 Å². The lowest BCUT2D eigenvalue weighted by atomic mass is 10.3. The largest absolute Gasteiger partial charge is 0.240 e. The molecule has 0 aliphatic rings. The van der Waals surface area contributed by atoms with Crippen LogP contribution in [0, 0.1) is 0 Å². The van der Waals surface area contributed by atoms with Gasteiger partial charge in [0.2, 0.25) is 10.0 Å². The molecule has 0 amide bonds. The Morgan fingerprint density at radius 3 is 2.18 bits per heavy atom. The summed E-state index contributed by atoms with van der Waals surface area (Å²) in [6.45, 7) is 0.346. The molecule has 0 heterocycles. The Balaban J connectivity index is 2.75. The SMILES string of the molecule is O=S(=O)(NCCCCCl)c1cc(Cl)cc(Cl)c1. The van der Waals surface area contributed by atoms with E-state index in [9.17, 15) is 8.42 Å². The second-order valence-electron chi connectivity index (χ2n) is 3.40. The lowest BCUT2D eigenvalue weighted by molar-refractivity contribution is 0.578. The summed E-state index contributed by atoms with van der Waals surface area (Å²) < 4.78 is 26.1. The minimum absolute atomic E-state index is 0.0703. The van der Waals surface area contributed by atoms with Crippen LogP contribution in [0.25, 0.3) is 0 Å². The van der Waals surface area contributed by atoms with Crippen LogP contribution < -0.4 is 4.72 Å². The molecule has 0 fully saturated rings. The minimum atomic E-state index is -3.55. The van der Waals surface area contributed by atoms with Gasteiger partial charge in [-0.05, 0) is 31.0 Å². The molecule has 0 aliphatic carbocycles. The Morgan fingerprint density at radius 1 is 1.06 bits per heavy atom. The van der Waals surface area contributed by atoms with Gasteiger partial charge in [-0.1, -0.05) is 23.2 Å². The Morgan fingerprint density at radius 2 is 1.65 bits per heavy atom. The predicted octanol–water partition coefficient (Wildman–Crippen LogP) is 3.29. The van der Waals surface area contributed by atoms with Crippen LogP contribution in [0.3, 0.4) is 0 Å². The summed E-state index contributed by atoms with van der Waals surface area (Å²) in [4.78, 5) is 0.0703. The second kappa shape index (κ2) is 6.81. The summed E-state index contributed by atoms with van der Waals surface area (Å²) in [6, 6.07) is 4.20. The lowest BCUT2D eigenvalue weighted by Gasteiger charge is -2.07. The molecular formula is C10H12Cl3NO2S. The van der Waals surface area contributed by atoms with Crippen LogP contribution in [0.4, 0.5) is 0 Å². The molecule has 0 unspecified atom stereocenters. The maximum absolute atomic E-state index is 11.8. The zero-order chi connectivity index (χ0) is 12.9. The van der Waals surface area contributed by atoms with Crippen LogP contribution in [0.1, 0.15) is 12.8 Å². The van der Waals surface area contributed by atoms with Crippen molar-refractivity contribution in [3.63, 3.8) is 0 Å². The Hall–Kier alpha value is -0.000000000000000139. The maximum Gasteiger partial charge on any atom is 0.240 e. The fourth-order valence-electron chi connectivity index (χ4n) is 1.19. The van der Waals surface area contributed by atoms with E-state index in [0.717, 1.165) is 6.42 Å².